The van der Waals surface area contributed by atoms with Crippen LogP contribution in [0.1, 0.15) is 12.8 Å². The molecule has 1 aliphatic rings. The number of ether oxygens (including phenoxy) is 1. The highest BCUT2D eigenvalue weighted by molar-refractivity contribution is 7.78. The van der Waals surface area contributed by atoms with E-state index in [1.807, 2.05) is 18.2 Å². The number of halogens is 4. The Kier molecular flexibility index (Phi) is 6.76. The Hall–Kier alpha value is -2.85. The van der Waals surface area contributed by atoms with E-state index in [-0.39, 0.29) is 11.7 Å². The second kappa shape index (κ2) is 9.56. The molecule has 1 saturated heterocycles. The van der Waals surface area contributed by atoms with Crippen molar-refractivity contribution in [3.63, 3.8) is 0 Å². The number of thiol groups is 1. The highest BCUT2D eigenvalue weighted by atomic mass is 35.5. The summed E-state index contributed by atoms with van der Waals surface area (Å²) in [6.07, 6.45) is -1.89. The zero-order chi connectivity index (χ0) is 23.6. The van der Waals surface area contributed by atoms with E-state index in [2.05, 4.69) is 32.8 Å². The Balaban J connectivity index is 1.41. The van der Waals surface area contributed by atoms with Crippen LogP contribution in [0.2, 0.25) is 5.02 Å². The van der Waals surface area contributed by atoms with Crippen LogP contribution in [0, 0.1) is 0 Å². The third-order valence-corrected chi connectivity index (χ3v) is 6.23. The Morgan fingerprint density at radius 2 is 1.88 bits per heavy atom. The topological polar surface area (TPSA) is 57.7 Å². The normalized spacial score (nSPS) is 14.9. The molecule has 0 radical (unpaired) electrons. The van der Waals surface area contributed by atoms with Gasteiger partial charge in [-0.2, -0.15) is 0 Å². The molecule has 0 bridgehead atoms. The van der Waals surface area contributed by atoms with Crippen LogP contribution in [0.5, 0.6) is 5.75 Å². The van der Waals surface area contributed by atoms with Crippen LogP contribution in [0.25, 0.3) is 10.9 Å². The van der Waals surface area contributed by atoms with Crippen LogP contribution in [-0.4, -0.2) is 40.8 Å². The molecule has 0 atom stereocenters. The van der Waals surface area contributed by atoms with Gasteiger partial charge in [-0.3, -0.25) is 9.29 Å². The summed E-state index contributed by atoms with van der Waals surface area (Å²) in [5.74, 6) is -0.488. The summed E-state index contributed by atoms with van der Waals surface area (Å²) in [5.41, 5.74) is 1.65. The van der Waals surface area contributed by atoms with Crippen molar-refractivity contribution in [1.29, 1.82) is 0 Å². The lowest BCUT2D eigenvalue weighted by molar-refractivity contribution is -0.274. The molecule has 3 aromatic rings. The van der Waals surface area contributed by atoms with Gasteiger partial charge < -0.3 is 15.0 Å². The minimum absolute atomic E-state index is 0.0866. The van der Waals surface area contributed by atoms with Crippen LogP contribution < -0.4 is 15.0 Å². The first-order valence-electron chi connectivity index (χ1n) is 10.1. The van der Waals surface area contributed by atoms with E-state index in [0.29, 0.717) is 31.0 Å². The number of anilines is 2. The van der Waals surface area contributed by atoms with E-state index in [1.165, 1.54) is 22.5 Å². The van der Waals surface area contributed by atoms with Gasteiger partial charge in [0.2, 0.25) is 0 Å². The highest BCUT2D eigenvalue weighted by Crippen LogP contribution is 2.33. The van der Waals surface area contributed by atoms with Crippen molar-refractivity contribution in [1.82, 2.24) is 9.29 Å². The number of alkyl halides is 3. The van der Waals surface area contributed by atoms with Crippen molar-refractivity contribution >= 4 is 52.7 Å². The molecule has 2 amide bonds. The lowest BCUT2D eigenvalue weighted by atomic mass is 10.0. The van der Waals surface area contributed by atoms with Gasteiger partial charge >= 0.3 is 12.4 Å². The number of piperidine rings is 1. The third kappa shape index (κ3) is 5.39. The maximum atomic E-state index is 12.7. The number of rotatable bonds is 4. The quantitative estimate of drug-likeness (QED) is 0.426. The molecule has 11 heteroatoms. The number of benzene rings is 2. The number of nitrogens with zero attached hydrogens (tertiary/aromatic N) is 3. The minimum Gasteiger partial charge on any atom is -0.404 e. The maximum Gasteiger partial charge on any atom is 0.573 e. The number of para-hydroxylation sites is 3. The Morgan fingerprint density at radius 1 is 1.15 bits per heavy atom. The molecule has 6 nitrogen and oxygen atoms in total. The molecular weight excluding hydrogens is 477 g/mol. The van der Waals surface area contributed by atoms with Gasteiger partial charge in [0.1, 0.15) is 0 Å². The molecule has 0 saturated carbocycles. The van der Waals surface area contributed by atoms with Gasteiger partial charge in [0.25, 0.3) is 0 Å². The lowest BCUT2D eigenvalue weighted by Gasteiger charge is -2.37. The summed E-state index contributed by atoms with van der Waals surface area (Å²) >= 11 is 10.6. The summed E-state index contributed by atoms with van der Waals surface area (Å²) in [6.45, 7) is 1.32. The number of pyridine rings is 1. The molecule has 33 heavy (non-hydrogen) atoms. The largest absolute Gasteiger partial charge is 0.573 e. The first-order valence-corrected chi connectivity index (χ1v) is 10.9. The second-order valence-electron chi connectivity index (χ2n) is 7.50. The van der Waals surface area contributed by atoms with Gasteiger partial charge in [0.05, 0.1) is 16.2 Å². The monoisotopic (exact) mass is 496 g/mol. The van der Waals surface area contributed by atoms with Crippen molar-refractivity contribution in [2.75, 3.05) is 23.3 Å². The number of nitrogens with one attached hydrogen (secondary N) is 1. The fourth-order valence-corrected chi connectivity index (χ4v) is 4.38. The molecule has 0 spiro atoms. The predicted molar refractivity (Wildman–Crippen MR) is 125 cm³/mol. The number of fused-ring (bicyclic) bond motifs is 1. The predicted octanol–water partition coefficient (Wildman–Crippen LogP) is 6.13. The van der Waals surface area contributed by atoms with Gasteiger partial charge in [-0.05, 0) is 37.1 Å². The van der Waals surface area contributed by atoms with E-state index in [1.54, 1.807) is 12.3 Å². The molecular formula is C22H20ClF3N4O2S. The Morgan fingerprint density at radius 3 is 2.61 bits per heavy atom. The fraction of sp³-hybridized carbons (Fsp3) is 0.273. The number of carbonyl (C=O) groups is 1. The summed E-state index contributed by atoms with van der Waals surface area (Å²) in [7, 11) is 0. The van der Waals surface area contributed by atoms with E-state index >= 15 is 0 Å². The van der Waals surface area contributed by atoms with Gasteiger partial charge in [-0.15, -0.1) is 13.2 Å². The molecule has 0 unspecified atom stereocenters. The number of aromatic nitrogens is 1. The molecule has 1 aliphatic heterocycles. The van der Waals surface area contributed by atoms with E-state index in [9.17, 15) is 18.0 Å². The number of hydrogen-bond donors (Lipinski definition) is 2. The smallest absolute Gasteiger partial charge is 0.404 e. The Labute approximate surface area is 198 Å². The summed E-state index contributed by atoms with van der Waals surface area (Å²) < 4.78 is 43.1. The SMILES string of the molecule is O=C(Nc1ccccc1OC(F)(F)F)N(S)C1CCN(c2ccnc3c(Cl)cccc23)CC1. The van der Waals surface area contributed by atoms with Gasteiger partial charge in [-0.1, -0.05) is 48.7 Å². The molecule has 1 N–H and O–H groups in total. The van der Waals surface area contributed by atoms with Crippen LogP contribution in [0.15, 0.2) is 54.7 Å². The van der Waals surface area contributed by atoms with Crippen molar-refractivity contribution < 1.29 is 22.7 Å². The maximum absolute atomic E-state index is 12.7. The Bertz CT molecular complexity index is 1160. The van der Waals surface area contributed by atoms with Crippen molar-refractivity contribution in [3.8, 4) is 5.75 Å². The summed E-state index contributed by atoms with van der Waals surface area (Å²) in [6, 6.07) is 12.1. The zero-order valence-corrected chi connectivity index (χ0v) is 18.9. The number of carbonyl (C=O) groups excluding carboxylic acids is 1. The number of urea groups is 1. The van der Waals surface area contributed by atoms with Crippen LogP contribution >= 0.6 is 24.4 Å². The van der Waals surface area contributed by atoms with E-state index < -0.39 is 18.1 Å². The summed E-state index contributed by atoms with van der Waals surface area (Å²) in [5, 5.41) is 3.98. The molecule has 4 rings (SSSR count). The first-order chi connectivity index (χ1) is 15.7. The molecule has 2 aromatic carbocycles. The van der Waals surface area contributed by atoms with Crippen molar-refractivity contribution in [3.05, 3.63) is 59.8 Å². The number of hydrogen-bond acceptors (Lipinski definition) is 5. The third-order valence-electron chi connectivity index (χ3n) is 5.41. The average molecular weight is 497 g/mol. The molecule has 174 valence electrons. The minimum atomic E-state index is -4.87. The van der Waals surface area contributed by atoms with Crippen LogP contribution in [0.4, 0.5) is 29.3 Å². The average Bonchev–Trinajstić information content (AvgIpc) is 2.79. The second-order valence-corrected chi connectivity index (χ2v) is 8.34. The highest BCUT2D eigenvalue weighted by Gasteiger charge is 2.33. The van der Waals surface area contributed by atoms with Gasteiger partial charge in [0.15, 0.2) is 5.75 Å². The van der Waals surface area contributed by atoms with Gasteiger partial charge in [0, 0.05) is 36.4 Å². The number of amides is 2. The molecule has 2 heterocycles. The standard InChI is InChI=1S/C22H20ClF3N4O2S/c23-16-5-3-4-15-18(8-11-27-20(15)16)29-12-9-14(10-13-29)30(33)21(31)28-17-6-1-2-7-19(17)32-22(24,25)26/h1-8,11,14,33H,9-10,12-13H2,(H,28,31). The molecule has 1 aromatic heterocycles. The van der Waals surface area contributed by atoms with Crippen molar-refractivity contribution in [2.45, 2.75) is 25.2 Å². The molecule has 1 fully saturated rings. The van der Waals surface area contributed by atoms with Crippen LogP contribution in [-0.2, 0) is 0 Å². The fourth-order valence-electron chi connectivity index (χ4n) is 3.87. The van der Waals surface area contributed by atoms with E-state index in [4.69, 9.17) is 11.6 Å². The first kappa shape index (κ1) is 23.3. The van der Waals surface area contributed by atoms with Gasteiger partial charge in [-0.25, -0.2) is 4.79 Å². The zero-order valence-electron chi connectivity index (χ0n) is 17.2. The lowest BCUT2D eigenvalue weighted by Crippen LogP contribution is -2.44. The van der Waals surface area contributed by atoms with Crippen LogP contribution in [0.3, 0.4) is 0 Å². The summed E-state index contributed by atoms with van der Waals surface area (Å²) in [4.78, 5) is 19.2. The van der Waals surface area contributed by atoms with E-state index in [0.717, 1.165) is 22.7 Å². The molecule has 0 aliphatic carbocycles. The van der Waals surface area contributed by atoms with Crippen molar-refractivity contribution in [2.24, 2.45) is 0 Å².